The molecular formula is C18H28N2O4S. The van der Waals surface area contributed by atoms with Crippen LogP contribution in [0, 0.1) is 0 Å². The number of hydrogen-bond donors (Lipinski definition) is 2. The zero-order valence-electron chi connectivity index (χ0n) is 15.2. The van der Waals surface area contributed by atoms with E-state index < -0.39 is 11.7 Å². The number of thioether (sulfide) groups is 1. The van der Waals surface area contributed by atoms with Gasteiger partial charge in [-0.1, -0.05) is 30.3 Å². The number of aliphatic hydroxyl groups excluding tert-OH is 1. The van der Waals surface area contributed by atoms with Crippen LogP contribution in [-0.2, 0) is 16.1 Å². The minimum absolute atomic E-state index is 0.0276. The lowest BCUT2D eigenvalue weighted by atomic mass is 10.2. The second kappa shape index (κ2) is 11.0. The summed E-state index contributed by atoms with van der Waals surface area (Å²) in [6.07, 6.45) is -0.453. The Labute approximate surface area is 153 Å². The minimum Gasteiger partial charge on any atom is -0.444 e. The standard InChI is InChI=1S/C18H28N2O4S/c1-18(2,3)24-17(23)19-9-12-25-14-16(22)20(10-11-21)13-15-7-5-4-6-8-15/h4-8,21H,9-14H2,1-3H3,(H,19,23). The van der Waals surface area contributed by atoms with E-state index >= 15 is 0 Å². The number of nitrogens with one attached hydrogen (secondary N) is 1. The molecule has 2 N–H and O–H groups in total. The molecule has 0 bridgehead atoms. The molecule has 0 spiro atoms. The summed E-state index contributed by atoms with van der Waals surface area (Å²) < 4.78 is 5.14. The van der Waals surface area contributed by atoms with Crippen molar-refractivity contribution in [3.8, 4) is 0 Å². The third-order valence-electron chi connectivity index (χ3n) is 3.08. The summed E-state index contributed by atoms with van der Waals surface area (Å²) in [6.45, 7) is 6.59. The van der Waals surface area contributed by atoms with Crippen molar-refractivity contribution in [1.29, 1.82) is 0 Å². The Kier molecular flexibility index (Phi) is 9.37. The molecule has 0 radical (unpaired) electrons. The summed E-state index contributed by atoms with van der Waals surface area (Å²) in [7, 11) is 0. The summed E-state index contributed by atoms with van der Waals surface area (Å²) in [4.78, 5) is 25.5. The maximum Gasteiger partial charge on any atom is 0.407 e. The predicted molar refractivity (Wildman–Crippen MR) is 101 cm³/mol. The van der Waals surface area contributed by atoms with Gasteiger partial charge in [0.25, 0.3) is 0 Å². The van der Waals surface area contributed by atoms with Gasteiger partial charge in [0.1, 0.15) is 5.60 Å². The molecule has 0 aromatic heterocycles. The van der Waals surface area contributed by atoms with Gasteiger partial charge in [0.2, 0.25) is 5.91 Å². The van der Waals surface area contributed by atoms with Crippen LogP contribution in [0.1, 0.15) is 26.3 Å². The van der Waals surface area contributed by atoms with E-state index in [2.05, 4.69) is 5.32 Å². The Morgan fingerprint density at radius 1 is 1.24 bits per heavy atom. The zero-order chi connectivity index (χ0) is 18.7. The van der Waals surface area contributed by atoms with Gasteiger partial charge < -0.3 is 20.1 Å². The monoisotopic (exact) mass is 368 g/mol. The first-order chi connectivity index (χ1) is 11.8. The molecule has 0 atom stereocenters. The molecule has 1 rings (SSSR count). The fraction of sp³-hybridized carbons (Fsp3) is 0.556. The van der Waals surface area contributed by atoms with Gasteiger partial charge in [-0.25, -0.2) is 4.79 Å². The van der Waals surface area contributed by atoms with E-state index in [1.165, 1.54) is 11.8 Å². The molecule has 0 aliphatic rings. The smallest absolute Gasteiger partial charge is 0.407 e. The molecule has 0 heterocycles. The lowest BCUT2D eigenvalue weighted by Gasteiger charge is -2.22. The highest BCUT2D eigenvalue weighted by molar-refractivity contribution is 7.99. The fourth-order valence-electron chi connectivity index (χ4n) is 2.01. The van der Waals surface area contributed by atoms with Crippen molar-refractivity contribution in [3.63, 3.8) is 0 Å². The Hall–Kier alpha value is -1.73. The first-order valence-corrected chi connectivity index (χ1v) is 9.44. The SMILES string of the molecule is CC(C)(C)OC(=O)NCCSCC(=O)N(CCO)Cc1ccccc1. The van der Waals surface area contributed by atoms with Crippen LogP contribution in [0.3, 0.4) is 0 Å². The second-order valence-corrected chi connectivity index (χ2v) is 7.61. The van der Waals surface area contributed by atoms with Gasteiger partial charge in [0, 0.05) is 25.4 Å². The number of rotatable bonds is 9. The third-order valence-corrected chi connectivity index (χ3v) is 4.02. The molecule has 140 valence electrons. The molecule has 25 heavy (non-hydrogen) atoms. The Balaban J connectivity index is 2.29. The summed E-state index contributed by atoms with van der Waals surface area (Å²) in [5.74, 6) is 0.895. The lowest BCUT2D eigenvalue weighted by Crippen LogP contribution is -2.35. The molecule has 0 aliphatic heterocycles. The number of carbonyl (C=O) groups excluding carboxylic acids is 2. The van der Waals surface area contributed by atoms with Crippen LogP contribution in [0.5, 0.6) is 0 Å². The lowest BCUT2D eigenvalue weighted by molar-refractivity contribution is -0.129. The van der Waals surface area contributed by atoms with Crippen molar-refractivity contribution >= 4 is 23.8 Å². The molecule has 0 saturated carbocycles. The van der Waals surface area contributed by atoms with E-state index in [1.54, 1.807) is 4.90 Å². The van der Waals surface area contributed by atoms with E-state index in [1.807, 2.05) is 51.1 Å². The van der Waals surface area contributed by atoms with Gasteiger partial charge in [-0.15, -0.1) is 0 Å². The number of benzene rings is 1. The van der Waals surface area contributed by atoms with Gasteiger partial charge in [-0.3, -0.25) is 4.79 Å². The van der Waals surface area contributed by atoms with Crippen molar-refractivity contribution < 1.29 is 19.4 Å². The molecule has 0 fully saturated rings. The molecule has 1 aromatic carbocycles. The number of aliphatic hydroxyl groups is 1. The van der Waals surface area contributed by atoms with Crippen LogP contribution >= 0.6 is 11.8 Å². The van der Waals surface area contributed by atoms with Crippen LogP contribution in [-0.4, -0.2) is 58.8 Å². The van der Waals surface area contributed by atoms with Gasteiger partial charge >= 0.3 is 6.09 Å². The normalized spacial score (nSPS) is 11.0. The van der Waals surface area contributed by atoms with Crippen LogP contribution in [0.25, 0.3) is 0 Å². The number of amides is 2. The Bertz CT molecular complexity index is 532. The van der Waals surface area contributed by atoms with Crippen LogP contribution < -0.4 is 5.32 Å². The van der Waals surface area contributed by atoms with Crippen molar-refractivity contribution in [2.75, 3.05) is 31.2 Å². The topological polar surface area (TPSA) is 78.9 Å². The van der Waals surface area contributed by atoms with Crippen molar-refractivity contribution in [3.05, 3.63) is 35.9 Å². The van der Waals surface area contributed by atoms with E-state index in [4.69, 9.17) is 9.84 Å². The van der Waals surface area contributed by atoms with E-state index in [0.717, 1.165) is 5.56 Å². The maximum atomic E-state index is 12.3. The molecule has 0 aliphatic carbocycles. The highest BCUT2D eigenvalue weighted by Crippen LogP contribution is 2.09. The summed E-state index contributed by atoms with van der Waals surface area (Å²) in [5.41, 5.74) is 0.510. The van der Waals surface area contributed by atoms with Gasteiger partial charge in [0.05, 0.1) is 12.4 Å². The second-order valence-electron chi connectivity index (χ2n) is 6.51. The van der Waals surface area contributed by atoms with E-state index in [-0.39, 0.29) is 12.5 Å². The molecule has 6 nitrogen and oxygen atoms in total. The first kappa shape index (κ1) is 21.3. The van der Waals surface area contributed by atoms with Gasteiger partial charge in [-0.05, 0) is 26.3 Å². The number of ether oxygens (including phenoxy) is 1. The fourth-order valence-corrected chi connectivity index (χ4v) is 2.75. The van der Waals surface area contributed by atoms with Crippen molar-refractivity contribution in [2.45, 2.75) is 32.9 Å². The van der Waals surface area contributed by atoms with Crippen LogP contribution in [0.15, 0.2) is 30.3 Å². The molecule has 2 amide bonds. The van der Waals surface area contributed by atoms with Gasteiger partial charge in [-0.2, -0.15) is 11.8 Å². The number of carbonyl (C=O) groups is 2. The summed E-state index contributed by atoms with van der Waals surface area (Å²) >= 11 is 1.44. The third kappa shape index (κ3) is 9.99. The predicted octanol–water partition coefficient (Wildman–Crippen LogP) is 2.27. The number of alkyl carbamates (subject to hydrolysis) is 1. The minimum atomic E-state index is -0.518. The zero-order valence-corrected chi connectivity index (χ0v) is 16.0. The molecule has 0 saturated heterocycles. The number of hydrogen-bond acceptors (Lipinski definition) is 5. The van der Waals surface area contributed by atoms with E-state index in [0.29, 0.717) is 31.1 Å². The average Bonchev–Trinajstić information content (AvgIpc) is 2.53. The average molecular weight is 368 g/mol. The molecule has 7 heteroatoms. The highest BCUT2D eigenvalue weighted by Gasteiger charge is 2.16. The Morgan fingerprint density at radius 2 is 1.92 bits per heavy atom. The van der Waals surface area contributed by atoms with Gasteiger partial charge in [0.15, 0.2) is 0 Å². The molecular weight excluding hydrogens is 340 g/mol. The maximum absolute atomic E-state index is 12.3. The van der Waals surface area contributed by atoms with Crippen LogP contribution in [0.4, 0.5) is 4.79 Å². The Morgan fingerprint density at radius 3 is 2.52 bits per heavy atom. The van der Waals surface area contributed by atoms with Crippen LogP contribution in [0.2, 0.25) is 0 Å². The highest BCUT2D eigenvalue weighted by atomic mass is 32.2. The van der Waals surface area contributed by atoms with Crippen molar-refractivity contribution in [1.82, 2.24) is 10.2 Å². The van der Waals surface area contributed by atoms with Crippen molar-refractivity contribution in [2.24, 2.45) is 0 Å². The van der Waals surface area contributed by atoms with E-state index in [9.17, 15) is 9.59 Å². The largest absolute Gasteiger partial charge is 0.444 e. The number of nitrogens with zero attached hydrogens (tertiary/aromatic N) is 1. The summed E-state index contributed by atoms with van der Waals surface area (Å²) in [6, 6.07) is 9.68. The molecule has 0 unspecified atom stereocenters. The first-order valence-electron chi connectivity index (χ1n) is 8.29. The quantitative estimate of drug-likeness (QED) is 0.654. The molecule has 1 aromatic rings. The summed E-state index contributed by atoms with van der Waals surface area (Å²) in [5, 5.41) is 11.8.